The molecule has 0 radical (unpaired) electrons. The Morgan fingerprint density at radius 3 is 2.71 bits per heavy atom. The molecule has 0 bridgehead atoms. The summed E-state index contributed by atoms with van der Waals surface area (Å²) in [6.45, 7) is 2.46. The van der Waals surface area contributed by atoms with Crippen LogP contribution >= 0.6 is 35.6 Å². The van der Waals surface area contributed by atoms with Crippen molar-refractivity contribution in [2.45, 2.75) is 25.8 Å². The van der Waals surface area contributed by atoms with Gasteiger partial charge < -0.3 is 15.4 Å². The zero-order chi connectivity index (χ0) is 14.6. The number of nitrogens with zero attached hydrogens (tertiary/aromatic N) is 1. The zero-order valence-electron chi connectivity index (χ0n) is 12.7. The van der Waals surface area contributed by atoms with Crippen LogP contribution in [0.2, 0.25) is 5.02 Å². The molecule has 0 heterocycles. The van der Waals surface area contributed by atoms with E-state index in [1.54, 1.807) is 14.2 Å². The second-order valence-corrected chi connectivity index (χ2v) is 4.97. The van der Waals surface area contributed by atoms with Gasteiger partial charge in [0.15, 0.2) is 5.96 Å². The third-order valence-electron chi connectivity index (χ3n) is 2.89. The quantitative estimate of drug-likeness (QED) is 0.290. The summed E-state index contributed by atoms with van der Waals surface area (Å²) >= 11 is 5.95. The van der Waals surface area contributed by atoms with Crippen molar-refractivity contribution in [1.82, 2.24) is 10.6 Å². The van der Waals surface area contributed by atoms with Gasteiger partial charge in [0.25, 0.3) is 0 Å². The van der Waals surface area contributed by atoms with E-state index in [0.717, 1.165) is 49.0 Å². The van der Waals surface area contributed by atoms with Gasteiger partial charge in [-0.05, 0) is 37.0 Å². The van der Waals surface area contributed by atoms with Crippen LogP contribution in [0, 0.1) is 0 Å². The summed E-state index contributed by atoms with van der Waals surface area (Å²) in [7, 11) is 3.51. The molecule has 0 atom stereocenters. The monoisotopic (exact) mass is 425 g/mol. The predicted octanol–water partition coefficient (Wildman–Crippen LogP) is 3.44. The summed E-state index contributed by atoms with van der Waals surface area (Å²) in [4.78, 5) is 4.20. The van der Waals surface area contributed by atoms with Gasteiger partial charge in [-0.25, -0.2) is 0 Å². The maximum absolute atomic E-state index is 5.95. The molecule has 0 spiro atoms. The molecule has 1 aromatic rings. The Balaban J connectivity index is 0.00000400. The minimum Gasteiger partial charge on any atom is -0.385 e. The highest BCUT2D eigenvalue weighted by atomic mass is 127. The highest BCUT2D eigenvalue weighted by Crippen LogP contribution is 2.10. The molecule has 2 N–H and O–H groups in total. The summed E-state index contributed by atoms with van der Waals surface area (Å²) < 4.78 is 5.02. The largest absolute Gasteiger partial charge is 0.385 e. The molecule has 120 valence electrons. The number of unbranched alkanes of at least 4 members (excludes halogenated alkanes) is 2. The molecule has 0 saturated carbocycles. The van der Waals surface area contributed by atoms with E-state index in [4.69, 9.17) is 16.3 Å². The lowest BCUT2D eigenvalue weighted by atomic mass is 10.2. The highest BCUT2D eigenvalue weighted by molar-refractivity contribution is 14.0. The maximum atomic E-state index is 5.95. The van der Waals surface area contributed by atoms with Gasteiger partial charge in [0.2, 0.25) is 0 Å². The Hall–Kier alpha value is -0.530. The Morgan fingerprint density at radius 2 is 2.05 bits per heavy atom. The van der Waals surface area contributed by atoms with Crippen molar-refractivity contribution in [2.24, 2.45) is 4.99 Å². The first-order valence-corrected chi connectivity index (χ1v) is 7.32. The van der Waals surface area contributed by atoms with Gasteiger partial charge in [-0.15, -0.1) is 24.0 Å². The number of aliphatic imine (C=N–C) groups is 1. The Kier molecular flexibility index (Phi) is 12.8. The molecule has 21 heavy (non-hydrogen) atoms. The number of hydrogen-bond donors (Lipinski definition) is 2. The van der Waals surface area contributed by atoms with Crippen LogP contribution < -0.4 is 10.6 Å². The number of hydrogen-bond acceptors (Lipinski definition) is 2. The average Bonchev–Trinajstić information content (AvgIpc) is 2.46. The number of halogens is 2. The Morgan fingerprint density at radius 1 is 1.24 bits per heavy atom. The number of rotatable bonds is 8. The molecular formula is C15H25ClIN3O. The average molecular weight is 426 g/mol. The summed E-state index contributed by atoms with van der Waals surface area (Å²) in [5.41, 5.74) is 1.14. The van der Waals surface area contributed by atoms with Gasteiger partial charge in [0.1, 0.15) is 0 Å². The lowest BCUT2D eigenvalue weighted by Crippen LogP contribution is -2.37. The highest BCUT2D eigenvalue weighted by Gasteiger charge is 1.98. The van der Waals surface area contributed by atoms with E-state index in [2.05, 4.69) is 15.6 Å². The molecule has 0 aliphatic heterocycles. The van der Waals surface area contributed by atoms with Gasteiger partial charge in [-0.1, -0.05) is 23.7 Å². The van der Waals surface area contributed by atoms with Crippen molar-refractivity contribution in [1.29, 1.82) is 0 Å². The standard InChI is InChI=1S/C15H24ClN3O.HI/c1-17-15(18-9-4-3-5-10-20-2)19-12-13-7-6-8-14(16)11-13;/h6-8,11H,3-5,9-10,12H2,1-2H3,(H2,17,18,19);1H. The molecule has 1 rings (SSSR count). The molecule has 1 aromatic carbocycles. The van der Waals surface area contributed by atoms with Crippen molar-refractivity contribution in [2.75, 3.05) is 27.3 Å². The van der Waals surface area contributed by atoms with Gasteiger partial charge in [-0.2, -0.15) is 0 Å². The number of nitrogens with one attached hydrogen (secondary N) is 2. The third-order valence-corrected chi connectivity index (χ3v) is 3.13. The molecule has 0 amide bonds. The van der Waals surface area contributed by atoms with Gasteiger partial charge in [-0.3, -0.25) is 4.99 Å². The van der Waals surface area contributed by atoms with E-state index in [9.17, 15) is 0 Å². The van der Waals surface area contributed by atoms with Crippen LogP contribution in [0.15, 0.2) is 29.3 Å². The fraction of sp³-hybridized carbons (Fsp3) is 0.533. The van der Waals surface area contributed by atoms with Gasteiger partial charge in [0.05, 0.1) is 0 Å². The lowest BCUT2D eigenvalue weighted by molar-refractivity contribution is 0.192. The predicted molar refractivity (Wildman–Crippen MR) is 101 cm³/mol. The first kappa shape index (κ1) is 20.5. The number of benzene rings is 1. The van der Waals surface area contributed by atoms with E-state index < -0.39 is 0 Å². The van der Waals surface area contributed by atoms with Crippen molar-refractivity contribution >= 4 is 41.5 Å². The first-order chi connectivity index (χ1) is 9.76. The normalized spacial score (nSPS) is 10.9. The summed E-state index contributed by atoms with van der Waals surface area (Å²) in [5.74, 6) is 0.816. The SMILES string of the molecule is CN=C(NCCCCCOC)NCc1cccc(Cl)c1.I. The molecule has 0 fully saturated rings. The summed E-state index contributed by atoms with van der Waals surface area (Å²) in [6, 6.07) is 7.81. The van der Waals surface area contributed by atoms with Crippen LogP contribution in [0.3, 0.4) is 0 Å². The van der Waals surface area contributed by atoms with Crippen LogP contribution in [0.1, 0.15) is 24.8 Å². The van der Waals surface area contributed by atoms with E-state index in [1.165, 1.54) is 0 Å². The maximum Gasteiger partial charge on any atom is 0.191 e. The molecule has 0 saturated heterocycles. The number of methoxy groups -OCH3 is 1. The lowest BCUT2D eigenvalue weighted by Gasteiger charge is -2.12. The Bertz CT molecular complexity index is 416. The number of guanidine groups is 1. The fourth-order valence-corrected chi connectivity index (χ4v) is 2.02. The fourth-order valence-electron chi connectivity index (χ4n) is 1.81. The van der Waals surface area contributed by atoms with E-state index in [-0.39, 0.29) is 24.0 Å². The van der Waals surface area contributed by atoms with Crippen LogP contribution in [0.25, 0.3) is 0 Å². The van der Waals surface area contributed by atoms with Crippen molar-refractivity contribution in [3.05, 3.63) is 34.9 Å². The minimum atomic E-state index is 0. The van der Waals surface area contributed by atoms with Crippen molar-refractivity contribution in [3.8, 4) is 0 Å². The Labute approximate surface area is 149 Å². The van der Waals surface area contributed by atoms with E-state index in [1.807, 2.05) is 24.3 Å². The van der Waals surface area contributed by atoms with E-state index >= 15 is 0 Å². The van der Waals surface area contributed by atoms with Crippen LogP contribution in [0.5, 0.6) is 0 Å². The van der Waals surface area contributed by atoms with Gasteiger partial charge in [0, 0.05) is 38.9 Å². The van der Waals surface area contributed by atoms with Crippen molar-refractivity contribution in [3.63, 3.8) is 0 Å². The summed E-state index contributed by atoms with van der Waals surface area (Å²) in [6.07, 6.45) is 3.38. The van der Waals surface area contributed by atoms with Crippen LogP contribution in [-0.2, 0) is 11.3 Å². The molecule has 0 unspecified atom stereocenters. The summed E-state index contributed by atoms with van der Waals surface area (Å²) in [5, 5.41) is 7.32. The first-order valence-electron chi connectivity index (χ1n) is 6.94. The second-order valence-electron chi connectivity index (χ2n) is 4.54. The molecule has 0 aromatic heterocycles. The van der Waals surface area contributed by atoms with Gasteiger partial charge >= 0.3 is 0 Å². The zero-order valence-corrected chi connectivity index (χ0v) is 15.8. The molecule has 4 nitrogen and oxygen atoms in total. The molecule has 6 heteroatoms. The van der Waals surface area contributed by atoms with Crippen molar-refractivity contribution < 1.29 is 4.74 Å². The molecular weight excluding hydrogens is 401 g/mol. The van der Waals surface area contributed by atoms with Crippen LogP contribution in [0.4, 0.5) is 0 Å². The third kappa shape index (κ3) is 9.92. The molecule has 0 aliphatic rings. The van der Waals surface area contributed by atoms with E-state index in [0.29, 0.717) is 6.54 Å². The second kappa shape index (κ2) is 13.2. The minimum absolute atomic E-state index is 0. The smallest absolute Gasteiger partial charge is 0.191 e. The number of ether oxygens (including phenoxy) is 1. The van der Waals surface area contributed by atoms with Crippen LogP contribution in [-0.4, -0.2) is 33.3 Å². The molecule has 0 aliphatic carbocycles. The topological polar surface area (TPSA) is 45.7 Å².